The van der Waals surface area contributed by atoms with Crippen molar-refractivity contribution in [2.75, 3.05) is 19.6 Å². The molecule has 1 saturated heterocycles. The number of carbonyl (C=O) groups is 2. The van der Waals surface area contributed by atoms with Gasteiger partial charge < -0.3 is 10.0 Å². The van der Waals surface area contributed by atoms with Crippen LogP contribution >= 0.6 is 0 Å². The highest BCUT2D eigenvalue weighted by molar-refractivity contribution is 5.98. The molecule has 126 valence electrons. The molecule has 0 aliphatic carbocycles. The summed E-state index contributed by atoms with van der Waals surface area (Å²) in [6.45, 7) is 2.25. The smallest absolute Gasteiger partial charge is 0.303 e. The number of piperidine rings is 1. The number of rotatable bonds is 7. The summed E-state index contributed by atoms with van der Waals surface area (Å²) in [6.07, 6.45) is 2.86. The fourth-order valence-corrected chi connectivity index (χ4v) is 2.94. The van der Waals surface area contributed by atoms with Gasteiger partial charge in [0.05, 0.1) is 5.56 Å². The summed E-state index contributed by atoms with van der Waals surface area (Å²) >= 11 is 0. The predicted molar refractivity (Wildman–Crippen MR) is 81.3 cm³/mol. The lowest BCUT2D eigenvalue weighted by Gasteiger charge is -2.31. The van der Waals surface area contributed by atoms with Crippen LogP contribution in [-0.2, 0) is 4.79 Å². The summed E-state index contributed by atoms with van der Waals surface area (Å²) in [5.41, 5.74) is -0.162. The maximum Gasteiger partial charge on any atom is 0.303 e. The van der Waals surface area contributed by atoms with Crippen molar-refractivity contribution in [3.8, 4) is 0 Å². The van der Waals surface area contributed by atoms with Gasteiger partial charge in [-0.1, -0.05) is 0 Å². The van der Waals surface area contributed by atoms with Gasteiger partial charge >= 0.3 is 5.97 Å². The van der Waals surface area contributed by atoms with E-state index in [1.165, 1.54) is 0 Å². The largest absolute Gasteiger partial charge is 0.481 e. The first-order valence-corrected chi connectivity index (χ1v) is 7.91. The van der Waals surface area contributed by atoms with Gasteiger partial charge in [-0.05, 0) is 63.5 Å². The number of Topliss-reactive ketones (excluding diaryl/α,β-unsaturated/α-hetero) is 1. The minimum atomic E-state index is -0.786. The van der Waals surface area contributed by atoms with E-state index in [2.05, 4.69) is 4.90 Å². The van der Waals surface area contributed by atoms with Crippen LogP contribution in [0.2, 0.25) is 0 Å². The molecule has 1 aromatic rings. The van der Waals surface area contributed by atoms with Gasteiger partial charge in [-0.25, -0.2) is 8.78 Å². The molecule has 2 rings (SSSR count). The standard InChI is InChI=1S/C17H21F2NO3/c18-13-4-5-15(19)14(11-13)17(23)12-6-9-20(10-7-12)8-2-1-3-16(21)22/h4-5,11-12H,1-3,6-10H2,(H,21,22). The monoisotopic (exact) mass is 325 g/mol. The van der Waals surface area contributed by atoms with Crippen molar-refractivity contribution in [2.24, 2.45) is 5.92 Å². The van der Waals surface area contributed by atoms with Crippen molar-refractivity contribution >= 4 is 11.8 Å². The molecule has 1 fully saturated rings. The normalized spacial score (nSPS) is 16.4. The van der Waals surface area contributed by atoms with Crippen LogP contribution in [0.1, 0.15) is 42.5 Å². The highest BCUT2D eigenvalue weighted by Crippen LogP contribution is 2.24. The third-order valence-corrected chi connectivity index (χ3v) is 4.27. The molecule has 0 unspecified atom stereocenters. The van der Waals surface area contributed by atoms with Gasteiger partial charge in [0.25, 0.3) is 0 Å². The van der Waals surface area contributed by atoms with Gasteiger partial charge in [0.15, 0.2) is 5.78 Å². The van der Waals surface area contributed by atoms with E-state index in [1.54, 1.807) is 0 Å². The van der Waals surface area contributed by atoms with Crippen molar-refractivity contribution in [1.82, 2.24) is 4.90 Å². The summed E-state index contributed by atoms with van der Waals surface area (Å²) in [5, 5.41) is 8.59. The van der Waals surface area contributed by atoms with Gasteiger partial charge in [-0.15, -0.1) is 0 Å². The molecule has 6 heteroatoms. The summed E-state index contributed by atoms with van der Waals surface area (Å²) in [7, 11) is 0. The Morgan fingerprint density at radius 1 is 1.17 bits per heavy atom. The van der Waals surface area contributed by atoms with E-state index in [0.29, 0.717) is 19.3 Å². The average Bonchev–Trinajstić information content (AvgIpc) is 2.53. The number of carbonyl (C=O) groups excluding carboxylic acids is 1. The van der Waals surface area contributed by atoms with Crippen LogP contribution in [0.15, 0.2) is 18.2 Å². The lowest BCUT2D eigenvalue weighted by Crippen LogP contribution is -2.37. The number of unbranched alkanes of at least 4 members (excludes halogenated alkanes) is 1. The fourth-order valence-electron chi connectivity index (χ4n) is 2.94. The van der Waals surface area contributed by atoms with E-state index in [4.69, 9.17) is 5.11 Å². The Labute approximate surface area is 134 Å². The Morgan fingerprint density at radius 3 is 2.52 bits per heavy atom. The Balaban J connectivity index is 1.81. The van der Waals surface area contributed by atoms with Gasteiger partial charge in [0.1, 0.15) is 11.6 Å². The molecule has 1 N–H and O–H groups in total. The molecular weight excluding hydrogens is 304 g/mol. The molecule has 0 aromatic heterocycles. The van der Waals surface area contributed by atoms with Crippen LogP contribution in [0.5, 0.6) is 0 Å². The first-order valence-electron chi connectivity index (χ1n) is 7.91. The van der Waals surface area contributed by atoms with Gasteiger partial charge in [0.2, 0.25) is 0 Å². The number of nitrogens with zero attached hydrogens (tertiary/aromatic N) is 1. The predicted octanol–water partition coefficient (Wildman–Crippen LogP) is 3.11. The summed E-state index contributed by atoms with van der Waals surface area (Å²) in [5.74, 6) is -2.67. The number of carboxylic acid groups (broad SMARTS) is 1. The molecule has 0 bridgehead atoms. The number of aliphatic carboxylic acids is 1. The van der Waals surface area contributed by atoms with Crippen LogP contribution in [0, 0.1) is 17.6 Å². The quantitative estimate of drug-likeness (QED) is 0.618. The van der Waals surface area contributed by atoms with Crippen molar-refractivity contribution in [2.45, 2.75) is 32.1 Å². The van der Waals surface area contributed by atoms with E-state index < -0.39 is 17.6 Å². The molecule has 0 spiro atoms. The first kappa shape index (κ1) is 17.5. The van der Waals surface area contributed by atoms with Crippen LogP contribution in [-0.4, -0.2) is 41.4 Å². The van der Waals surface area contributed by atoms with Crippen LogP contribution in [0.4, 0.5) is 8.78 Å². The molecular formula is C17H21F2NO3. The summed E-state index contributed by atoms with van der Waals surface area (Å²) in [6, 6.07) is 2.96. The second-order valence-electron chi connectivity index (χ2n) is 5.96. The number of hydrogen-bond donors (Lipinski definition) is 1. The third kappa shape index (κ3) is 5.10. The Hall–Kier alpha value is -1.82. The first-order chi connectivity index (χ1) is 11.0. The number of carboxylic acids is 1. The Bertz CT molecular complexity index is 569. The second kappa shape index (κ2) is 8.15. The van der Waals surface area contributed by atoms with Crippen molar-refractivity contribution < 1.29 is 23.5 Å². The third-order valence-electron chi connectivity index (χ3n) is 4.27. The molecule has 1 heterocycles. The zero-order valence-electron chi connectivity index (χ0n) is 12.9. The molecule has 0 amide bonds. The fraction of sp³-hybridized carbons (Fsp3) is 0.529. The van der Waals surface area contributed by atoms with Crippen molar-refractivity contribution in [3.63, 3.8) is 0 Å². The lowest BCUT2D eigenvalue weighted by atomic mass is 9.88. The van der Waals surface area contributed by atoms with Crippen LogP contribution < -0.4 is 0 Å². The van der Waals surface area contributed by atoms with Crippen LogP contribution in [0.25, 0.3) is 0 Å². The van der Waals surface area contributed by atoms with Gasteiger partial charge in [0, 0.05) is 12.3 Å². The molecule has 4 nitrogen and oxygen atoms in total. The van der Waals surface area contributed by atoms with Gasteiger partial charge in [-0.3, -0.25) is 9.59 Å². The molecule has 23 heavy (non-hydrogen) atoms. The van der Waals surface area contributed by atoms with Crippen molar-refractivity contribution in [1.29, 1.82) is 0 Å². The maximum absolute atomic E-state index is 13.7. The molecule has 0 radical (unpaired) electrons. The van der Waals surface area contributed by atoms with Crippen molar-refractivity contribution in [3.05, 3.63) is 35.4 Å². The molecule has 1 aliphatic heterocycles. The molecule has 1 aliphatic rings. The van der Waals surface area contributed by atoms with E-state index in [9.17, 15) is 18.4 Å². The average molecular weight is 325 g/mol. The maximum atomic E-state index is 13.7. The number of likely N-dealkylation sites (tertiary alicyclic amines) is 1. The lowest BCUT2D eigenvalue weighted by molar-refractivity contribution is -0.137. The van der Waals surface area contributed by atoms with E-state index >= 15 is 0 Å². The zero-order valence-corrected chi connectivity index (χ0v) is 12.9. The second-order valence-corrected chi connectivity index (χ2v) is 5.96. The minimum absolute atomic E-state index is 0.162. The SMILES string of the molecule is O=C(O)CCCCN1CCC(C(=O)c2cc(F)ccc2F)CC1. The minimum Gasteiger partial charge on any atom is -0.481 e. The number of hydrogen-bond acceptors (Lipinski definition) is 3. The Kier molecular flexibility index (Phi) is 6.21. The number of benzene rings is 1. The zero-order chi connectivity index (χ0) is 16.8. The highest BCUT2D eigenvalue weighted by Gasteiger charge is 2.27. The number of halogens is 2. The van der Waals surface area contributed by atoms with E-state index in [-0.39, 0.29) is 23.7 Å². The summed E-state index contributed by atoms with van der Waals surface area (Å²) in [4.78, 5) is 25.0. The molecule has 0 atom stereocenters. The van der Waals surface area contributed by atoms with Gasteiger partial charge in [-0.2, -0.15) is 0 Å². The van der Waals surface area contributed by atoms with E-state index in [1.807, 2.05) is 0 Å². The summed E-state index contributed by atoms with van der Waals surface area (Å²) < 4.78 is 26.9. The highest BCUT2D eigenvalue weighted by atomic mass is 19.1. The molecule has 0 saturated carbocycles. The topological polar surface area (TPSA) is 57.6 Å². The molecule has 1 aromatic carbocycles. The Morgan fingerprint density at radius 2 is 1.87 bits per heavy atom. The van der Waals surface area contributed by atoms with E-state index in [0.717, 1.165) is 44.3 Å². The van der Waals surface area contributed by atoms with Crippen LogP contribution in [0.3, 0.4) is 0 Å². The number of ketones is 1.